The van der Waals surface area contributed by atoms with Gasteiger partial charge < -0.3 is 10.2 Å². The van der Waals surface area contributed by atoms with Gasteiger partial charge in [-0.1, -0.05) is 24.3 Å². The Morgan fingerprint density at radius 3 is 2.91 bits per heavy atom. The van der Waals surface area contributed by atoms with Crippen LogP contribution in [0.3, 0.4) is 0 Å². The van der Waals surface area contributed by atoms with Crippen molar-refractivity contribution in [2.24, 2.45) is 0 Å². The maximum Gasteiger partial charge on any atom is 0.220 e. The second kappa shape index (κ2) is 7.45. The van der Waals surface area contributed by atoms with Gasteiger partial charge in [0.15, 0.2) is 9.84 Å². The highest BCUT2D eigenvalue weighted by molar-refractivity contribution is 7.93. The van der Waals surface area contributed by atoms with Crippen molar-refractivity contribution in [3.63, 3.8) is 0 Å². The predicted molar refractivity (Wildman–Crippen MR) is 88.6 cm³/mol. The van der Waals surface area contributed by atoms with Crippen LogP contribution in [-0.2, 0) is 21.1 Å². The minimum atomic E-state index is -3.12. The molecule has 0 spiro atoms. The number of amides is 1. The van der Waals surface area contributed by atoms with Crippen molar-refractivity contribution in [2.45, 2.75) is 19.3 Å². The summed E-state index contributed by atoms with van der Waals surface area (Å²) in [7, 11) is -3.12. The average Bonchev–Trinajstić information content (AvgIpc) is 2.86. The van der Waals surface area contributed by atoms with Crippen LogP contribution < -0.4 is 10.2 Å². The molecule has 1 N–H and O–H groups in total. The molecule has 1 aromatic carbocycles. The number of para-hydroxylation sites is 1. The highest BCUT2D eigenvalue weighted by atomic mass is 32.2. The Balaban J connectivity index is 1.67. The molecule has 0 bridgehead atoms. The first-order chi connectivity index (χ1) is 10.5. The van der Waals surface area contributed by atoms with Crippen LogP contribution in [0.15, 0.2) is 35.7 Å². The van der Waals surface area contributed by atoms with Gasteiger partial charge in [0.25, 0.3) is 0 Å². The molecule has 1 aromatic rings. The minimum absolute atomic E-state index is 0.0503. The molecule has 6 heteroatoms. The summed E-state index contributed by atoms with van der Waals surface area (Å²) in [4.78, 5) is 14.0. The van der Waals surface area contributed by atoms with Gasteiger partial charge in [0, 0.05) is 43.4 Å². The molecular formula is C16H22N2O3S. The van der Waals surface area contributed by atoms with E-state index in [1.165, 1.54) is 17.3 Å². The van der Waals surface area contributed by atoms with Gasteiger partial charge in [0.2, 0.25) is 5.91 Å². The fraction of sp³-hybridized carbons (Fsp3) is 0.438. The van der Waals surface area contributed by atoms with Gasteiger partial charge in [-0.2, -0.15) is 0 Å². The molecule has 0 aliphatic carbocycles. The first-order valence-electron chi connectivity index (χ1n) is 7.42. The maximum absolute atomic E-state index is 11.7. The molecule has 1 aliphatic heterocycles. The van der Waals surface area contributed by atoms with Crippen molar-refractivity contribution >= 4 is 21.4 Å². The highest BCUT2D eigenvalue weighted by Gasteiger charge is 2.17. The Morgan fingerprint density at radius 1 is 1.36 bits per heavy atom. The lowest BCUT2D eigenvalue weighted by atomic mass is 10.2. The highest BCUT2D eigenvalue weighted by Crippen LogP contribution is 2.27. The van der Waals surface area contributed by atoms with Crippen LogP contribution in [0.25, 0.3) is 0 Å². The number of benzene rings is 1. The van der Waals surface area contributed by atoms with E-state index < -0.39 is 9.84 Å². The monoisotopic (exact) mass is 322 g/mol. The Hall–Kier alpha value is -1.82. The third kappa shape index (κ3) is 5.18. The molecule has 0 aromatic heterocycles. The van der Waals surface area contributed by atoms with Crippen LogP contribution in [0, 0.1) is 0 Å². The number of nitrogens with zero attached hydrogens (tertiary/aromatic N) is 1. The van der Waals surface area contributed by atoms with E-state index in [2.05, 4.69) is 28.4 Å². The number of carbonyl (C=O) groups is 1. The zero-order valence-corrected chi connectivity index (χ0v) is 13.6. The maximum atomic E-state index is 11.7. The molecule has 1 heterocycles. The van der Waals surface area contributed by atoms with Gasteiger partial charge >= 0.3 is 0 Å². The Labute approximate surface area is 131 Å². The fourth-order valence-corrected chi connectivity index (χ4v) is 3.00. The van der Waals surface area contributed by atoms with Crippen molar-refractivity contribution in [3.05, 3.63) is 41.3 Å². The van der Waals surface area contributed by atoms with Crippen LogP contribution in [0.4, 0.5) is 5.69 Å². The van der Waals surface area contributed by atoms with E-state index in [9.17, 15) is 13.2 Å². The predicted octanol–water partition coefficient (Wildman–Crippen LogP) is 1.50. The fourth-order valence-electron chi connectivity index (χ4n) is 2.55. The SMILES string of the molecule is CS(=O)(=O)/C=C/CNC(=O)CCCN1CCc2ccccc21. The van der Waals surface area contributed by atoms with Crippen molar-refractivity contribution in [1.29, 1.82) is 0 Å². The summed E-state index contributed by atoms with van der Waals surface area (Å²) in [6.45, 7) is 2.13. The summed E-state index contributed by atoms with van der Waals surface area (Å²) < 4.78 is 21.8. The lowest BCUT2D eigenvalue weighted by Crippen LogP contribution is -2.26. The third-order valence-corrected chi connectivity index (χ3v) is 4.26. The van der Waals surface area contributed by atoms with E-state index in [1.54, 1.807) is 0 Å². The molecule has 0 saturated carbocycles. The van der Waals surface area contributed by atoms with Gasteiger partial charge in [-0.05, 0) is 24.5 Å². The molecular weight excluding hydrogens is 300 g/mol. The largest absolute Gasteiger partial charge is 0.371 e. The first kappa shape index (κ1) is 16.5. The van der Waals surface area contributed by atoms with Gasteiger partial charge in [-0.25, -0.2) is 8.42 Å². The molecule has 1 aliphatic rings. The third-order valence-electron chi connectivity index (χ3n) is 3.58. The molecule has 0 unspecified atom stereocenters. The summed E-state index contributed by atoms with van der Waals surface area (Å²) in [5.41, 5.74) is 2.65. The van der Waals surface area contributed by atoms with Crippen molar-refractivity contribution in [1.82, 2.24) is 5.32 Å². The molecule has 5 nitrogen and oxygen atoms in total. The second-order valence-corrected chi connectivity index (χ2v) is 7.41. The normalized spacial score (nSPS) is 14.3. The van der Waals surface area contributed by atoms with E-state index in [0.717, 1.165) is 37.6 Å². The zero-order valence-electron chi connectivity index (χ0n) is 12.8. The topological polar surface area (TPSA) is 66.5 Å². The van der Waals surface area contributed by atoms with Crippen LogP contribution in [0.2, 0.25) is 0 Å². The van der Waals surface area contributed by atoms with E-state index in [1.807, 2.05) is 6.07 Å². The van der Waals surface area contributed by atoms with Crippen LogP contribution >= 0.6 is 0 Å². The van der Waals surface area contributed by atoms with Crippen LogP contribution in [-0.4, -0.2) is 40.2 Å². The molecule has 2 rings (SSSR count). The summed E-state index contributed by atoms with van der Waals surface area (Å²) in [6, 6.07) is 8.37. The zero-order chi connectivity index (χ0) is 16.0. The van der Waals surface area contributed by atoms with Gasteiger partial charge in [0.1, 0.15) is 0 Å². The van der Waals surface area contributed by atoms with Crippen LogP contribution in [0.5, 0.6) is 0 Å². The van der Waals surface area contributed by atoms with Crippen molar-refractivity contribution < 1.29 is 13.2 Å². The number of hydrogen-bond acceptors (Lipinski definition) is 4. The van der Waals surface area contributed by atoms with E-state index in [-0.39, 0.29) is 12.5 Å². The van der Waals surface area contributed by atoms with Gasteiger partial charge in [0.05, 0.1) is 0 Å². The van der Waals surface area contributed by atoms with E-state index in [0.29, 0.717) is 6.42 Å². The number of sulfone groups is 1. The van der Waals surface area contributed by atoms with E-state index >= 15 is 0 Å². The summed E-state index contributed by atoms with van der Waals surface area (Å²) >= 11 is 0. The molecule has 120 valence electrons. The molecule has 0 fully saturated rings. The lowest BCUT2D eigenvalue weighted by molar-refractivity contribution is -0.120. The standard InChI is InChI=1S/C16H22N2O3S/c1-22(20,21)13-5-10-17-16(19)8-4-11-18-12-9-14-6-2-3-7-15(14)18/h2-3,5-7,13H,4,8-12H2,1H3,(H,17,19)/b13-5+. The smallest absolute Gasteiger partial charge is 0.220 e. The molecule has 0 saturated heterocycles. The Kier molecular flexibility index (Phi) is 5.60. The number of carbonyl (C=O) groups excluding carboxylic acids is 1. The molecule has 1 amide bonds. The molecule has 0 atom stereocenters. The summed E-state index contributed by atoms with van der Waals surface area (Å²) in [5, 5.41) is 3.80. The molecule has 22 heavy (non-hydrogen) atoms. The minimum Gasteiger partial charge on any atom is -0.371 e. The number of nitrogens with one attached hydrogen (secondary N) is 1. The summed E-state index contributed by atoms with van der Waals surface area (Å²) in [6.07, 6.45) is 4.88. The number of hydrogen-bond donors (Lipinski definition) is 1. The van der Waals surface area contributed by atoms with Crippen LogP contribution in [0.1, 0.15) is 18.4 Å². The average molecular weight is 322 g/mol. The second-order valence-electron chi connectivity index (χ2n) is 5.47. The number of fused-ring (bicyclic) bond motifs is 1. The first-order valence-corrected chi connectivity index (χ1v) is 9.37. The Morgan fingerprint density at radius 2 is 2.14 bits per heavy atom. The van der Waals surface area contributed by atoms with Gasteiger partial charge in [-0.15, -0.1) is 0 Å². The Bertz CT molecular complexity index is 653. The summed E-state index contributed by atoms with van der Waals surface area (Å²) in [5.74, 6) is -0.0503. The van der Waals surface area contributed by atoms with Gasteiger partial charge in [-0.3, -0.25) is 4.79 Å². The number of rotatable bonds is 7. The quantitative estimate of drug-likeness (QED) is 0.826. The van der Waals surface area contributed by atoms with E-state index in [4.69, 9.17) is 0 Å². The van der Waals surface area contributed by atoms with Crippen molar-refractivity contribution in [2.75, 3.05) is 30.8 Å². The molecule has 0 radical (unpaired) electrons. The number of anilines is 1. The van der Waals surface area contributed by atoms with Crippen molar-refractivity contribution in [3.8, 4) is 0 Å². The lowest BCUT2D eigenvalue weighted by Gasteiger charge is -2.18.